The molecule has 104 valence electrons. The van der Waals surface area contributed by atoms with E-state index in [2.05, 4.69) is 33.0 Å². The van der Waals surface area contributed by atoms with Crippen LogP contribution in [0.2, 0.25) is 0 Å². The fourth-order valence-corrected chi connectivity index (χ4v) is 3.64. The summed E-state index contributed by atoms with van der Waals surface area (Å²) in [6.07, 6.45) is 3.50. The molecule has 0 unspecified atom stereocenters. The normalized spacial score (nSPS) is 20.3. The van der Waals surface area contributed by atoms with Crippen molar-refractivity contribution in [3.63, 3.8) is 0 Å². The van der Waals surface area contributed by atoms with Crippen LogP contribution in [0.25, 0.3) is 0 Å². The molecule has 3 nitrogen and oxygen atoms in total. The third-order valence-electron chi connectivity index (χ3n) is 4.26. The van der Waals surface area contributed by atoms with Crippen LogP contribution in [0.15, 0.2) is 16.6 Å². The molecule has 1 aromatic rings. The number of nitrogens with two attached hydrogens (primary N) is 1. The maximum atomic E-state index is 5.80. The van der Waals surface area contributed by atoms with Gasteiger partial charge in [-0.05, 0) is 56.1 Å². The van der Waals surface area contributed by atoms with Crippen molar-refractivity contribution in [3.05, 3.63) is 27.7 Å². The molecular formula is C15H21BrN2O. The van der Waals surface area contributed by atoms with Crippen molar-refractivity contribution in [1.82, 2.24) is 4.90 Å². The zero-order valence-corrected chi connectivity index (χ0v) is 12.8. The number of piperidine rings is 1. The summed E-state index contributed by atoms with van der Waals surface area (Å²) in [6, 6.07) is 4.39. The van der Waals surface area contributed by atoms with Crippen LogP contribution in [-0.2, 0) is 13.0 Å². The Morgan fingerprint density at radius 1 is 1.32 bits per heavy atom. The monoisotopic (exact) mass is 324 g/mol. The minimum Gasteiger partial charge on any atom is -0.493 e. The maximum Gasteiger partial charge on any atom is 0.127 e. The molecule has 0 atom stereocenters. The second-order valence-electron chi connectivity index (χ2n) is 5.61. The van der Waals surface area contributed by atoms with E-state index in [1.807, 2.05) is 0 Å². The Morgan fingerprint density at radius 3 is 2.84 bits per heavy atom. The van der Waals surface area contributed by atoms with Crippen LogP contribution < -0.4 is 10.5 Å². The van der Waals surface area contributed by atoms with Gasteiger partial charge in [0, 0.05) is 23.0 Å². The van der Waals surface area contributed by atoms with Crippen molar-refractivity contribution in [3.8, 4) is 5.75 Å². The summed E-state index contributed by atoms with van der Waals surface area (Å²) < 4.78 is 6.97. The minimum absolute atomic E-state index is 0.723. The summed E-state index contributed by atoms with van der Waals surface area (Å²) in [6.45, 7) is 4.97. The van der Waals surface area contributed by atoms with Gasteiger partial charge in [0.05, 0.1) is 6.61 Å². The molecule has 2 aliphatic heterocycles. The van der Waals surface area contributed by atoms with Crippen LogP contribution in [-0.4, -0.2) is 31.1 Å². The van der Waals surface area contributed by atoms with Gasteiger partial charge in [-0.2, -0.15) is 0 Å². The highest BCUT2D eigenvalue weighted by molar-refractivity contribution is 9.10. The van der Waals surface area contributed by atoms with Crippen molar-refractivity contribution >= 4 is 15.9 Å². The van der Waals surface area contributed by atoms with Gasteiger partial charge in [0.1, 0.15) is 5.75 Å². The fraction of sp³-hybridized carbons (Fsp3) is 0.600. The molecule has 0 spiro atoms. The van der Waals surface area contributed by atoms with Crippen molar-refractivity contribution in [1.29, 1.82) is 0 Å². The van der Waals surface area contributed by atoms with E-state index in [0.29, 0.717) is 0 Å². The molecule has 1 aromatic carbocycles. The maximum absolute atomic E-state index is 5.80. The Kier molecular flexibility index (Phi) is 4.10. The number of fused-ring (bicyclic) bond motifs is 1. The predicted molar refractivity (Wildman–Crippen MR) is 80.4 cm³/mol. The molecule has 0 bridgehead atoms. The first-order valence-corrected chi connectivity index (χ1v) is 7.92. The molecule has 3 rings (SSSR count). The van der Waals surface area contributed by atoms with Gasteiger partial charge < -0.3 is 10.5 Å². The third kappa shape index (κ3) is 2.96. The largest absolute Gasteiger partial charge is 0.493 e. The van der Waals surface area contributed by atoms with Crippen molar-refractivity contribution in [2.45, 2.75) is 25.8 Å². The van der Waals surface area contributed by atoms with E-state index in [-0.39, 0.29) is 0 Å². The van der Waals surface area contributed by atoms with Gasteiger partial charge in [0.2, 0.25) is 0 Å². The lowest BCUT2D eigenvalue weighted by atomic mass is 9.96. The van der Waals surface area contributed by atoms with Gasteiger partial charge in [0.25, 0.3) is 0 Å². The minimum atomic E-state index is 0.723. The van der Waals surface area contributed by atoms with Gasteiger partial charge in [-0.25, -0.2) is 0 Å². The Labute approximate surface area is 123 Å². The van der Waals surface area contributed by atoms with E-state index < -0.39 is 0 Å². The molecule has 2 N–H and O–H groups in total. The molecule has 0 radical (unpaired) electrons. The predicted octanol–water partition coefficient (Wildman–Crippen LogP) is 2.55. The van der Waals surface area contributed by atoms with Gasteiger partial charge in [0.15, 0.2) is 0 Å². The molecule has 2 aliphatic rings. The highest BCUT2D eigenvalue weighted by Gasteiger charge is 2.22. The van der Waals surface area contributed by atoms with Gasteiger partial charge in [-0.3, -0.25) is 4.90 Å². The molecule has 0 saturated carbocycles. The lowest BCUT2D eigenvalue weighted by Crippen LogP contribution is -2.35. The molecular weight excluding hydrogens is 304 g/mol. The van der Waals surface area contributed by atoms with Crippen LogP contribution in [0, 0.1) is 5.92 Å². The molecule has 0 aromatic heterocycles. The zero-order chi connectivity index (χ0) is 13.2. The Morgan fingerprint density at radius 2 is 2.11 bits per heavy atom. The fourth-order valence-electron chi connectivity index (χ4n) is 3.08. The first-order valence-electron chi connectivity index (χ1n) is 7.13. The first-order chi connectivity index (χ1) is 9.26. The summed E-state index contributed by atoms with van der Waals surface area (Å²) in [5.74, 6) is 1.85. The summed E-state index contributed by atoms with van der Waals surface area (Å²) in [5.41, 5.74) is 8.43. The first kappa shape index (κ1) is 13.4. The number of nitrogens with zero attached hydrogens (tertiary/aromatic N) is 1. The average molecular weight is 325 g/mol. The zero-order valence-electron chi connectivity index (χ0n) is 11.2. The number of halogens is 1. The molecule has 1 saturated heterocycles. The Hall–Kier alpha value is -0.580. The van der Waals surface area contributed by atoms with Gasteiger partial charge in [-0.1, -0.05) is 15.9 Å². The summed E-state index contributed by atoms with van der Waals surface area (Å²) in [7, 11) is 0. The molecule has 0 amide bonds. The smallest absolute Gasteiger partial charge is 0.127 e. The number of likely N-dealkylation sites (tertiary alicyclic amines) is 1. The Bertz CT molecular complexity index is 456. The molecule has 4 heteroatoms. The summed E-state index contributed by atoms with van der Waals surface area (Å²) in [5, 5.41) is 0. The third-order valence-corrected chi connectivity index (χ3v) is 4.72. The molecule has 0 aliphatic carbocycles. The van der Waals surface area contributed by atoms with Crippen LogP contribution >= 0.6 is 15.9 Å². The highest BCUT2D eigenvalue weighted by Crippen LogP contribution is 2.34. The van der Waals surface area contributed by atoms with E-state index >= 15 is 0 Å². The van der Waals surface area contributed by atoms with E-state index in [1.54, 1.807) is 0 Å². The molecule has 19 heavy (non-hydrogen) atoms. The molecule has 2 heterocycles. The van der Waals surface area contributed by atoms with Gasteiger partial charge in [-0.15, -0.1) is 0 Å². The van der Waals surface area contributed by atoms with Crippen LogP contribution in [0.3, 0.4) is 0 Å². The molecule has 1 fully saturated rings. The Balaban J connectivity index is 1.70. The van der Waals surface area contributed by atoms with Crippen molar-refractivity contribution in [2.75, 3.05) is 26.2 Å². The summed E-state index contributed by atoms with van der Waals surface area (Å²) in [4.78, 5) is 2.52. The SMILES string of the molecule is NCC1CCN(Cc2cc(Br)cc3c2OCC3)CC1. The van der Waals surface area contributed by atoms with Crippen LogP contribution in [0.4, 0.5) is 0 Å². The average Bonchev–Trinajstić information content (AvgIpc) is 2.88. The van der Waals surface area contributed by atoms with E-state index in [1.165, 1.54) is 28.4 Å². The second kappa shape index (κ2) is 5.81. The highest BCUT2D eigenvalue weighted by atomic mass is 79.9. The standard InChI is InChI=1S/C15H21BrN2O/c16-14-7-12-3-6-19-15(12)13(8-14)10-18-4-1-11(9-17)2-5-18/h7-8,11H,1-6,9-10,17H2. The number of hydrogen-bond acceptors (Lipinski definition) is 3. The quantitative estimate of drug-likeness (QED) is 0.928. The lowest BCUT2D eigenvalue weighted by molar-refractivity contribution is 0.178. The van der Waals surface area contributed by atoms with Crippen LogP contribution in [0.5, 0.6) is 5.75 Å². The summed E-state index contributed by atoms with van der Waals surface area (Å²) >= 11 is 3.61. The lowest BCUT2D eigenvalue weighted by Gasteiger charge is -2.31. The van der Waals surface area contributed by atoms with E-state index in [4.69, 9.17) is 10.5 Å². The number of ether oxygens (including phenoxy) is 1. The van der Waals surface area contributed by atoms with Crippen molar-refractivity contribution in [2.24, 2.45) is 11.7 Å². The van der Waals surface area contributed by atoms with E-state index in [0.717, 1.165) is 50.9 Å². The van der Waals surface area contributed by atoms with Crippen LogP contribution in [0.1, 0.15) is 24.0 Å². The number of benzene rings is 1. The number of rotatable bonds is 3. The van der Waals surface area contributed by atoms with Gasteiger partial charge >= 0.3 is 0 Å². The second-order valence-corrected chi connectivity index (χ2v) is 6.52. The van der Waals surface area contributed by atoms with Crippen molar-refractivity contribution < 1.29 is 4.74 Å². The topological polar surface area (TPSA) is 38.5 Å². The number of hydrogen-bond donors (Lipinski definition) is 1. The van der Waals surface area contributed by atoms with E-state index in [9.17, 15) is 0 Å².